The van der Waals surface area contributed by atoms with E-state index in [-0.39, 0.29) is 18.9 Å². The van der Waals surface area contributed by atoms with Gasteiger partial charge in [0.05, 0.1) is 0 Å². The van der Waals surface area contributed by atoms with Crippen LogP contribution in [0.1, 0.15) is 32.6 Å². The second-order valence-electron chi connectivity index (χ2n) is 3.10. The lowest BCUT2D eigenvalue weighted by Crippen LogP contribution is -2.29. The van der Waals surface area contributed by atoms with Gasteiger partial charge in [-0.05, 0) is 6.42 Å². The van der Waals surface area contributed by atoms with Gasteiger partial charge in [-0.3, -0.25) is 4.79 Å². The van der Waals surface area contributed by atoms with Gasteiger partial charge in [-0.2, -0.15) is 0 Å². The number of aliphatic hydroxyl groups is 1. The maximum Gasteiger partial charge on any atom is 0.332 e. The molecule has 3 N–H and O–H groups in total. The predicted molar refractivity (Wildman–Crippen MR) is 50.8 cm³/mol. The highest BCUT2D eigenvalue weighted by Gasteiger charge is 2.12. The van der Waals surface area contributed by atoms with Crippen LogP contribution in [0.4, 0.5) is 0 Å². The number of carbonyl (C=O) groups is 2. The minimum atomic E-state index is -1.39. The van der Waals surface area contributed by atoms with Gasteiger partial charge < -0.3 is 15.5 Å². The molecule has 1 atom stereocenters. The first-order chi connectivity index (χ1) is 6.57. The van der Waals surface area contributed by atoms with Crippen LogP contribution in [0.5, 0.6) is 0 Å². The summed E-state index contributed by atoms with van der Waals surface area (Å²) in [5.74, 6) is -1.35. The minimum absolute atomic E-state index is 0.0488. The number of rotatable bonds is 7. The lowest BCUT2D eigenvalue weighted by molar-refractivity contribution is -0.147. The van der Waals surface area contributed by atoms with Crippen LogP contribution in [0.3, 0.4) is 0 Å². The Kier molecular flexibility index (Phi) is 6.74. The van der Waals surface area contributed by atoms with Crippen molar-refractivity contribution in [2.75, 3.05) is 6.54 Å². The SMILES string of the molecule is CCCCC(=O)NCC[C@H](O)C(=O)O. The summed E-state index contributed by atoms with van der Waals surface area (Å²) in [5.41, 5.74) is 0. The van der Waals surface area contributed by atoms with E-state index in [1.807, 2.05) is 6.92 Å². The van der Waals surface area contributed by atoms with E-state index in [0.717, 1.165) is 12.8 Å². The molecule has 0 heterocycles. The van der Waals surface area contributed by atoms with Crippen molar-refractivity contribution in [2.24, 2.45) is 0 Å². The number of carboxylic acids is 1. The number of carbonyl (C=O) groups excluding carboxylic acids is 1. The van der Waals surface area contributed by atoms with Crippen LogP contribution in [-0.2, 0) is 9.59 Å². The molecule has 82 valence electrons. The fourth-order valence-electron chi connectivity index (χ4n) is 0.898. The third-order valence-electron chi connectivity index (χ3n) is 1.78. The molecule has 0 fully saturated rings. The molecule has 0 bridgehead atoms. The molecule has 0 rings (SSSR count). The first-order valence-corrected chi connectivity index (χ1v) is 4.75. The molecule has 0 aliphatic rings. The lowest BCUT2D eigenvalue weighted by Gasteiger charge is -2.06. The van der Waals surface area contributed by atoms with Crippen molar-refractivity contribution in [2.45, 2.75) is 38.7 Å². The van der Waals surface area contributed by atoms with E-state index in [2.05, 4.69) is 5.32 Å². The first kappa shape index (κ1) is 12.9. The number of nitrogens with one attached hydrogen (secondary N) is 1. The fraction of sp³-hybridized carbons (Fsp3) is 0.778. The molecule has 0 radical (unpaired) electrons. The summed E-state index contributed by atoms with van der Waals surface area (Å²) in [5, 5.41) is 19.7. The van der Waals surface area contributed by atoms with Gasteiger partial charge in [0, 0.05) is 19.4 Å². The van der Waals surface area contributed by atoms with Crippen molar-refractivity contribution in [1.29, 1.82) is 0 Å². The Morgan fingerprint density at radius 1 is 1.43 bits per heavy atom. The van der Waals surface area contributed by atoms with Gasteiger partial charge in [-0.1, -0.05) is 13.3 Å². The van der Waals surface area contributed by atoms with E-state index in [9.17, 15) is 9.59 Å². The van der Waals surface area contributed by atoms with Crippen molar-refractivity contribution >= 4 is 11.9 Å². The van der Waals surface area contributed by atoms with Gasteiger partial charge in [0.1, 0.15) is 0 Å². The number of aliphatic carboxylic acids is 1. The van der Waals surface area contributed by atoms with Gasteiger partial charge in [0.15, 0.2) is 6.10 Å². The van der Waals surface area contributed by atoms with Crippen molar-refractivity contribution < 1.29 is 19.8 Å². The summed E-state index contributed by atoms with van der Waals surface area (Å²) < 4.78 is 0. The zero-order valence-corrected chi connectivity index (χ0v) is 8.32. The maximum absolute atomic E-state index is 11.0. The van der Waals surface area contributed by atoms with Crippen LogP contribution < -0.4 is 5.32 Å². The molecule has 14 heavy (non-hydrogen) atoms. The second kappa shape index (κ2) is 7.32. The number of hydrogen-bond acceptors (Lipinski definition) is 3. The number of carboxylic acid groups (broad SMARTS) is 1. The Labute approximate surface area is 83.1 Å². The molecule has 0 aromatic rings. The Bertz CT molecular complexity index is 193. The number of aliphatic hydroxyl groups excluding tert-OH is 1. The van der Waals surface area contributed by atoms with Gasteiger partial charge in [0.2, 0.25) is 5.91 Å². The van der Waals surface area contributed by atoms with Crippen molar-refractivity contribution in [1.82, 2.24) is 5.32 Å². The molecule has 0 spiro atoms. The number of amides is 1. The topological polar surface area (TPSA) is 86.6 Å². The minimum Gasteiger partial charge on any atom is -0.479 e. The highest BCUT2D eigenvalue weighted by atomic mass is 16.4. The van der Waals surface area contributed by atoms with E-state index >= 15 is 0 Å². The van der Waals surface area contributed by atoms with Crippen molar-refractivity contribution in [3.63, 3.8) is 0 Å². The van der Waals surface area contributed by atoms with E-state index in [1.165, 1.54) is 0 Å². The van der Waals surface area contributed by atoms with Gasteiger partial charge >= 0.3 is 5.97 Å². The monoisotopic (exact) mass is 203 g/mol. The third kappa shape index (κ3) is 6.42. The Morgan fingerprint density at radius 2 is 2.07 bits per heavy atom. The number of hydrogen-bond donors (Lipinski definition) is 3. The standard InChI is InChI=1S/C9H17NO4/c1-2-3-4-8(12)10-6-5-7(11)9(13)14/h7,11H,2-6H2,1H3,(H,10,12)(H,13,14)/t7-/m0/s1. The summed E-state index contributed by atoms with van der Waals surface area (Å²) >= 11 is 0. The molecule has 0 saturated carbocycles. The molecule has 5 heteroatoms. The average Bonchev–Trinajstić information content (AvgIpc) is 2.14. The van der Waals surface area contributed by atoms with Crippen LogP contribution in [0.15, 0.2) is 0 Å². The highest BCUT2D eigenvalue weighted by Crippen LogP contribution is 1.94. The zero-order chi connectivity index (χ0) is 11.0. The molecule has 0 unspecified atom stereocenters. The van der Waals surface area contributed by atoms with Gasteiger partial charge in [0.25, 0.3) is 0 Å². The third-order valence-corrected chi connectivity index (χ3v) is 1.78. The lowest BCUT2D eigenvalue weighted by atomic mass is 10.2. The summed E-state index contributed by atoms with van der Waals surface area (Å²) in [6, 6.07) is 0. The first-order valence-electron chi connectivity index (χ1n) is 4.75. The molecule has 0 aliphatic heterocycles. The zero-order valence-electron chi connectivity index (χ0n) is 8.32. The molecule has 0 aromatic heterocycles. The van der Waals surface area contributed by atoms with Crippen LogP contribution in [0.2, 0.25) is 0 Å². The normalized spacial score (nSPS) is 12.1. The molecule has 1 amide bonds. The van der Waals surface area contributed by atoms with Crippen LogP contribution >= 0.6 is 0 Å². The highest BCUT2D eigenvalue weighted by molar-refractivity contribution is 5.76. The molecular formula is C9H17NO4. The molecule has 0 saturated heterocycles. The van der Waals surface area contributed by atoms with Crippen molar-refractivity contribution in [3.8, 4) is 0 Å². The van der Waals surface area contributed by atoms with E-state index in [4.69, 9.17) is 10.2 Å². The Morgan fingerprint density at radius 3 is 2.57 bits per heavy atom. The fourth-order valence-corrected chi connectivity index (χ4v) is 0.898. The summed E-state index contributed by atoms with van der Waals surface area (Å²) in [4.78, 5) is 21.2. The maximum atomic E-state index is 11.0. The van der Waals surface area contributed by atoms with Gasteiger partial charge in [-0.25, -0.2) is 4.79 Å². The van der Waals surface area contributed by atoms with Crippen LogP contribution in [-0.4, -0.2) is 34.7 Å². The van der Waals surface area contributed by atoms with E-state index in [0.29, 0.717) is 6.42 Å². The number of unbranched alkanes of at least 4 members (excludes halogenated alkanes) is 1. The average molecular weight is 203 g/mol. The van der Waals surface area contributed by atoms with Crippen LogP contribution in [0.25, 0.3) is 0 Å². The Balaban J connectivity index is 3.44. The van der Waals surface area contributed by atoms with E-state index < -0.39 is 12.1 Å². The van der Waals surface area contributed by atoms with Gasteiger partial charge in [-0.15, -0.1) is 0 Å². The van der Waals surface area contributed by atoms with Crippen LogP contribution in [0, 0.1) is 0 Å². The Hall–Kier alpha value is -1.10. The molecule has 0 aromatic carbocycles. The smallest absolute Gasteiger partial charge is 0.332 e. The molecular weight excluding hydrogens is 186 g/mol. The van der Waals surface area contributed by atoms with Crippen molar-refractivity contribution in [3.05, 3.63) is 0 Å². The summed E-state index contributed by atoms with van der Waals surface area (Å²) in [6.07, 6.45) is 0.896. The summed E-state index contributed by atoms with van der Waals surface area (Å²) in [7, 11) is 0. The second-order valence-corrected chi connectivity index (χ2v) is 3.10. The summed E-state index contributed by atoms with van der Waals surface area (Å²) in [6.45, 7) is 2.19. The quantitative estimate of drug-likeness (QED) is 0.549. The molecule has 5 nitrogen and oxygen atoms in total. The largest absolute Gasteiger partial charge is 0.479 e. The van der Waals surface area contributed by atoms with E-state index in [1.54, 1.807) is 0 Å². The molecule has 0 aliphatic carbocycles. The predicted octanol–water partition coefficient (Wildman–Crippen LogP) is 0.128.